The van der Waals surface area contributed by atoms with Crippen LogP contribution >= 0.6 is 0 Å². The molecule has 0 saturated heterocycles. The minimum Gasteiger partial charge on any atom is -0.254 e. The summed E-state index contributed by atoms with van der Waals surface area (Å²) >= 11 is 0. The van der Waals surface area contributed by atoms with Crippen LogP contribution in [0.1, 0.15) is 0 Å². The monoisotopic (exact) mass is 562 g/mol. The number of hydrogen-bond acceptors (Lipinski definition) is 4. The molecule has 0 saturated carbocycles. The molecule has 4 heteroatoms. The standard InChI is InChI=1S/C40H26N4/c1-3-11-28(12-4-1)37-25-38(44-40(43-37)30-13-5-2-6-14-30)29-21-19-27(20-22-29)31-23-24-36(41-26-31)39-34-17-8-7-15-32(34)33-16-9-10-18-35(33)42-39/h1-26H. The van der Waals surface area contributed by atoms with Crippen molar-refractivity contribution in [1.82, 2.24) is 19.9 Å². The number of aromatic nitrogens is 4. The van der Waals surface area contributed by atoms with Gasteiger partial charge in [-0.1, -0.05) is 133 Å². The van der Waals surface area contributed by atoms with E-state index in [1.54, 1.807) is 0 Å². The molecule has 3 aromatic heterocycles. The lowest BCUT2D eigenvalue weighted by Crippen LogP contribution is -1.95. The number of fused-ring (bicyclic) bond motifs is 3. The Balaban J connectivity index is 1.14. The molecule has 0 aliphatic carbocycles. The number of para-hydroxylation sites is 1. The maximum atomic E-state index is 5.00. The van der Waals surface area contributed by atoms with E-state index in [-0.39, 0.29) is 0 Å². The zero-order valence-corrected chi connectivity index (χ0v) is 23.8. The van der Waals surface area contributed by atoms with Gasteiger partial charge in [-0.05, 0) is 29.1 Å². The first-order valence-corrected chi connectivity index (χ1v) is 14.6. The van der Waals surface area contributed by atoms with Crippen LogP contribution in [0.5, 0.6) is 0 Å². The van der Waals surface area contributed by atoms with Crippen molar-refractivity contribution in [2.45, 2.75) is 0 Å². The lowest BCUT2D eigenvalue weighted by molar-refractivity contribution is 1.18. The van der Waals surface area contributed by atoms with Crippen molar-refractivity contribution in [3.05, 3.63) is 158 Å². The fourth-order valence-corrected chi connectivity index (χ4v) is 5.71. The van der Waals surface area contributed by atoms with E-state index in [4.69, 9.17) is 19.9 Å². The minimum atomic E-state index is 0.709. The molecule has 44 heavy (non-hydrogen) atoms. The molecule has 4 nitrogen and oxygen atoms in total. The third kappa shape index (κ3) is 4.79. The average molecular weight is 563 g/mol. The second kappa shape index (κ2) is 11.0. The van der Waals surface area contributed by atoms with Crippen molar-refractivity contribution in [2.75, 3.05) is 0 Å². The Morgan fingerprint density at radius 3 is 1.57 bits per heavy atom. The first kappa shape index (κ1) is 25.7. The summed E-state index contributed by atoms with van der Waals surface area (Å²) in [5.41, 5.74) is 9.71. The molecule has 0 amide bonds. The molecule has 0 radical (unpaired) electrons. The zero-order valence-electron chi connectivity index (χ0n) is 23.8. The topological polar surface area (TPSA) is 51.6 Å². The smallest absolute Gasteiger partial charge is 0.160 e. The number of pyridine rings is 2. The molecule has 0 aliphatic heterocycles. The SMILES string of the molecule is c1ccc(-c2cc(-c3ccc(-c4ccc(-c5nc6ccccc6c6ccccc56)nc4)cc3)nc(-c3ccccc3)n2)cc1. The van der Waals surface area contributed by atoms with Gasteiger partial charge in [0.25, 0.3) is 0 Å². The largest absolute Gasteiger partial charge is 0.254 e. The molecule has 0 aliphatic rings. The van der Waals surface area contributed by atoms with E-state index >= 15 is 0 Å². The van der Waals surface area contributed by atoms with Crippen molar-refractivity contribution >= 4 is 21.7 Å². The molecule has 206 valence electrons. The van der Waals surface area contributed by atoms with E-state index < -0.39 is 0 Å². The van der Waals surface area contributed by atoms with E-state index in [1.165, 1.54) is 5.39 Å². The van der Waals surface area contributed by atoms with Crippen molar-refractivity contribution in [3.63, 3.8) is 0 Å². The maximum absolute atomic E-state index is 5.00. The second-order valence-electron chi connectivity index (χ2n) is 10.7. The summed E-state index contributed by atoms with van der Waals surface area (Å²) < 4.78 is 0. The third-order valence-corrected chi connectivity index (χ3v) is 7.96. The Kier molecular flexibility index (Phi) is 6.43. The van der Waals surface area contributed by atoms with Crippen molar-refractivity contribution < 1.29 is 0 Å². The van der Waals surface area contributed by atoms with Crippen LogP contribution in [0.25, 0.3) is 78.1 Å². The molecule has 3 heterocycles. The van der Waals surface area contributed by atoms with Gasteiger partial charge in [0.2, 0.25) is 0 Å². The van der Waals surface area contributed by atoms with Crippen LogP contribution in [0, 0.1) is 0 Å². The van der Waals surface area contributed by atoms with Crippen LogP contribution in [0.4, 0.5) is 0 Å². The van der Waals surface area contributed by atoms with Crippen molar-refractivity contribution in [2.24, 2.45) is 0 Å². The van der Waals surface area contributed by atoms with Gasteiger partial charge in [-0.15, -0.1) is 0 Å². The quantitative estimate of drug-likeness (QED) is 0.196. The first-order chi connectivity index (χ1) is 21.8. The van der Waals surface area contributed by atoms with Crippen LogP contribution in [-0.2, 0) is 0 Å². The van der Waals surface area contributed by atoms with Gasteiger partial charge in [-0.3, -0.25) is 4.98 Å². The normalized spacial score (nSPS) is 11.2. The molecule has 0 N–H and O–H groups in total. The summed E-state index contributed by atoms with van der Waals surface area (Å²) in [6.07, 6.45) is 1.93. The number of benzene rings is 5. The van der Waals surface area contributed by atoms with Gasteiger partial charge in [0.15, 0.2) is 5.82 Å². The van der Waals surface area contributed by atoms with Gasteiger partial charge in [0.1, 0.15) is 0 Å². The Bertz CT molecular complexity index is 2190. The molecular weight excluding hydrogens is 536 g/mol. The Hall–Kier alpha value is -6.00. The summed E-state index contributed by atoms with van der Waals surface area (Å²) in [7, 11) is 0. The highest BCUT2D eigenvalue weighted by Crippen LogP contribution is 2.33. The van der Waals surface area contributed by atoms with Crippen LogP contribution < -0.4 is 0 Å². The van der Waals surface area contributed by atoms with Gasteiger partial charge >= 0.3 is 0 Å². The van der Waals surface area contributed by atoms with Gasteiger partial charge in [0, 0.05) is 39.2 Å². The minimum absolute atomic E-state index is 0.709. The molecule has 8 aromatic rings. The van der Waals surface area contributed by atoms with E-state index in [1.807, 2.05) is 60.8 Å². The molecule has 8 rings (SSSR count). The van der Waals surface area contributed by atoms with E-state index in [2.05, 4.69) is 97.1 Å². The number of rotatable bonds is 5. The number of nitrogens with zero attached hydrogens (tertiary/aromatic N) is 4. The summed E-state index contributed by atoms with van der Waals surface area (Å²) in [5, 5.41) is 3.44. The highest BCUT2D eigenvalue weighted by molar-refractivity contribution is 6.10. The predicted octanol–water partition coefficient (Wildman–Crippen LogP) is 9.91. The van der Waals surface area contributed by atoms with Gasteiger partial charge in [-0.2, -0.15) is 0 Å². The molecule has 0 bridgehead atoms. The Labute approximate surface area is 255 Å². The fraction of sp³-hybridized carbons (Fsp3) is 0. The van der Waals surface area contributed by atoms with Crippen molar-refractivity contribution in [1.29, 1.82) is 0 Å². The summed E-state index contributed by atoms with van der Waals surface area (Å²) in [6.45, 7) is 0. The molecule has 0 spiro atoms. The van der Waals surface area contributed by atoms with Gasteiger partial charge in [-0.25, -0.2) is 15.0 Å². The molecule has 0 fully saturated rings. The zero-order chi connectivity index (χ0) is 29.3. The lowest BCUT2D eigenvalue weighted by Gasteiger charge is -2.11. The highest BCUT2D eigenvalue weighted by atomic mass is 14.9. The maximum Gasteiger partial charge on any atom is 0.160 e. The summed E-state index contributed by atoms with van der Waals surface area (Å²) in [6, 6.07) is 51.8. The molecular formula is C40H26N4. The predicted molar refractivity (Wildman–Crippen MR) is 180 cm³/mol. The first-order valence-electron chi connectivity index (χ1n) is 14.6. The van der Waals surface area contributed by atoms with E-state index in [0.717, 1.165) is 66.9 Å². The summed E-state index contributed by atoms with van der Waals surface area (Å²) in [5.74, 6) is 0.709. The van der Waals surface area contributed by atoms with Gasteiger partial charge in [0.05, 0.1) is 28.3 Å². The second-order valence-corrected chi connectivity index (χ2v) is 10.7. The van der Waals surface area contributed by atoms with Crippen LogP contribution in [0.3, 0.4) is 0 Å². The van der Waals surface area contributed by atoms with Crippen molar-refractivity contribution in [3.8, 4) is 56.4 Å². The molecule has 0 atom stereocenters. The van der Waals surface area contributed by atoms with Crippen LogP contribution in [0.15, 0.2) is 158 Å². The average Bonchev–Trinajstić information content (AvgIpc) is 3.12. The third-order valence-electron chi connectivity index (χ3n) is 7.96. The highest BCUT2D eigenvalue weighted by Gasteiger charge is 2.13. The lowest BCUT2D eigenvalue weighted by atomic mass is 10.0. The van der Waals surface area contributed by atoms with E-state index in [9.17, 15) is 0 Å². The molecule has 5 aromatic carbocycles. The Morgan fingerprint density at radius 2 is 0.886 bits per heavy atom. The Morgan fingerprint density at radius 1 is 0.341 bits per heavy atom. The summed E-state index contributed by atoms with van der Waals surface area (Å²) in [4.78, 5) is 19.7. The fourth-order valence-electron chi connectivity index (χ4n) is 5.71. The van der Waals surface area contributed by atoms with Crippen LogP contribution in [0.2, 0.25) is 0 Å². The van der Waals surface area contributed by atoms with E-state index in [0.29, 0.717) is 5.82 Å². The van der Waals surface area contributed by atoms with Gasteiger partial charge < -0.3 is 0 Å². The van der Waals surface area contributed by atoms with Crippen LogP contribution in [-0.4, -0.2) is 19.9 Å². The molecule has 0 unspecified atom stereocenters. The number of hydrogen-bond donors (Lipinski definition) is 0.